The molecule has 0 radical (unpaired) electrons. The first-order valence-corrected chi connectivity index (χ1v) is 10.7. The maximum absolute atomic E-state index is 12.4. The van der Waals surface area contributed by atoms with E-state index in [0.29, 0.717) is 0 Å². The van der Waals surface area contributed by atoms with Gasteiger partial charge in [-0.3, -0.25) is 9.59 Å². The first-order chi connectivity index (χ1) is 13.1. The van der Waals surface area contributed by atoms with Gasteiger partial charge in [0.25, 0.3) is 5.91 Å². The van der Waals surface area contributed by atoms with E-state index in [1.165, 1.54) is 14.6 Å². The molecule has 1 aliphatic rings. The monoisotopic (exact) mass is 408 g/mol. The van der Waals surface area contributed by atoms with E-state index in [9.17, 15) is 18.0 Å². The number of ether oxygens (including phenoxy) is 1. The Morgan fingerprint density at radius 3 is 2.25 bits per heavy atom. The molecule has 1 heterocycles. The number of hydrogen-bond donors (Lipinski definition) is 0. The standard InChI is InChI=1S/C20H28N2O5S/c1-20(2,3)15-19(24)27-16-18(23)21-10-12-22(13-11-21)28(25,26)14-9-17-7-5-4-6-8-17/h4-9,14H,10-13,15-16H2,1-3H3/b14-9+. The zero-order valence-electron chi connectivity index (χ0n) is 16.6. The van der Waals surface area contributed by atoms with Gasteiger partial charge >= 0.3 is 5.97 Å². The van der Waals surface area contributed by atoms with Crippen LogP contribution in [0.5, 0.6) is 0 Å². The number of hydrogen-bond acceptors (Lipinski definition) is 5. The average molecular weight is 409 g/mol. The lowest BCUT2D eigenvalue weighted by atomic mass is 9.92. The SMILES string of the molecule is CC(C)(C)CC(=O)OCC(=O)N1CCN(S(=O)(=O)/C=C/c2ccccc2)CC1. The number of carbonyl (C=O) groups is 2. The lowest BCUT2D eigenvalue weighted by Crippen LogP contribution is -2.51. The van der Waals surface area contributed by atoms with Crippen molar-refractivity contribution in [3.05, 3.63) is 41.3 Å². The Morgan fingerprint density at radius 2 is 1.68 bits per heavy atom. The van der Waals surface area contributed by atoms with Gasteiger partial charge < -0.3 is 9.64 Å². The number of sulfonamides is 1. The maximum Gasteiger partial charge on any atom is 0.306 e. The Kier molecular flexibility index (Phi) is 7.37. The molecule has 1 aromatic rings. The molecule has 0 aliphatic carbocycles. The Hall–Kier alpha value is -2.19. The van der Waals surface area contributed by atoms with E-state index in [2.05, 4.69) is 0 Å². The predicted molar refractivity (Wildman–Crippen MR) is 108 cm³/mol. The highest BCUT2D eigenvalue weighted by Crippen LogP contribution is 2.19. The zero-order valence-corrected chi connectivity index (χ0v) is 17.4. The third-order valence-corrected chi connectivity index (χ3v) is 5.78. The second kappa shape index (κ2) is 9.34. The second-order valence-electron chi connectivity index (χ2n) is 7.94. The van der Waals surface area contributed by atoms with Gasteiger partial charge in [0.05, 0.1) is 6.42 Å². The summed E-state index contributed by atoms with van der Waals surface area (Å²) in [5, 5.41) is 1.19. The van der Waals surface area contributed by atoms with Crippen LogP contribution in [0, 0.1) is 5.41 Å². The van der Waals surface area contributed by atoms with Crippen molar-refractivity contribution < 1.29 is 22.7 Å². The lowest BCUT2D eigenvalue weighted by molar-refractivity contribution is -0.154. The summed E-state index contributed by atoms with van der Waals surface area (Å²) in [5.41, 5.74) is 0.602. The molecule has 0 aromatic heterocycles. The van der Waals surface area contributed by atoms with Gasteiger partial charge in [-0.2, -0.15) is 4.31 Å². The van der Waals surface area contributed by atoms with Gasteiger partial charge in [0.1, 0.15) is 0 Å². The first-order valence-electron chi connectivity index (χ1n) is 9.23. The quantitative estimate of drug-likeness (QED) is 0.673. The number of amides is 1. The van der Waals surface area contributed by atoms with Gasteiger partial charge in [-0.1, -0.05) is 51.1 Å². The fourth-order valence-corrected chi connectivity index (χ4v) is 3.90. The fourth-order valence-electron chi connectivity index (χ4n) is 2.72. The molecule has 28 heavy (non-hydrogen) atoms. The van der Waals surface area contributed by atoms with Crippen LogP contribution >= 0.6 is 0 Å². The largest absolute Gasteiger partial charge is 0.456 e. The fraction of sp³-hybridized carbons (Fsp3) is 0.500. The number of carbonyl (C=O) groups excluding carboxylic acids is 2. The van der Waals surface area contributed by atoms with Crippen LogP contribution in [0.2, 0.25) is 0 Å². The molecule has 0 saturated carbocycles. The summed E-state index contributed by atoms with van der Waals surface area (Å²) in [6, 6.07) is 9.19. The van der Waals surface area contributed by atoms with Crippen molar-refractivity contribution in [2.24, 2.45) is 5.41 Å². The van der Waals surface area contributed by atoms with Gasteiger partial charge in [0.2, 0.25) is 10.0 Å². The normalized spacial score (nSPS) is 16.3. The Balaban J connectivity index is 1.82. The van der Waals surface area contributed by atoms with Crippen LogP contribution in [-0.4, -0.2) is 62.3 Å². The van der Waals surface area contributed by atoms with E-state index >= 15 is 0 Å². The topological polar surface area (TPSA) is 84.0 Å². The summed E-state index contributed by atoms with van der Waals surface area (Å²) in [6.45, 7) is 6.41. The molecular formula is C20H28N2O5S. The van der Waals surface area contributed by atoms with Gasteiger partial charge in [0.15, 0.2) is 6.61 Å². The van der Waals surface area contributed by atoms with Crippen molar-refractivity contribution in [3.63, 3.8) is 0 Å². The van der Waals surface area contributed by atoms with E-state index in [4.69, 9.17) is 4.74 Å². The summed E-state index contributed by atoms with van der Waals surface area (Å²) < 4.78 is 31.3. The average Bonchev–Trinajstić information content (AvgIpc) is 2.64. The lowest BCUT2D eigenvalue weighted by Gasteiger charge is -2.33. The van der Waals surface area contributed by atoms with Crippen molar-refractivity contribution in [1.29, 1.82) is 0 Å². The summed E-state index contributed by atoms with van der Waals surface area (Å²) >= 11 is 0. The molecule has 8 heteroatoms. The van der Waals surface area contributed by atoms with Crippen molar-refractivity contribution in [2.75, 3.05) is 32.8 Å². The van der Waals surface area contributed by atoms with E-state index in [1.807, 2.05) is 51.1 Å². The Bertz CT molecular complexity index is 805. The molecule has 1 fully saturated rings. The van der Waals surface area contributed by atoms with Crippen molar-refractivity contribution in [1.82, 2.24) is 9.21 Å². The highest BCUT2D eigenvalue weighted by Gasteiger charge is 2.28. The molecule has 1 aliphatic heterocycles. The third kappa shape index (κ3) is 7.09. The molecule has 0 N–H and O–H groups in total. The van der Waals surface area contributed by atoms with Gasteiger partial charge in [-0.05, 0) is 17.1 Å². The van der Waals surface area contributed by atoms with Gasteiger partial charge in [-0.15, -0.1) is 0 Å². The van der Waals surface area contributed by atoms with Crippen LogP contribution < -0.4 is 0 Å². The molecule has 154 valence electrons. The van der Waals surface area contributed by atoms with Crippen molar-refractivity contribution >= 4 is 28.0 Å². The minimum atomic E-state index is -3.55. The highest BCUT2D eigenvalue weighted by molar-refractivity contribution is 7.92. The second-order valence-corrected chi connectivity index (χ2v) is 9.75. The molecule has 0 atom stereocenters. The third-order valence-electron chi connectivity index (χ3n) is 4.21. The summed E-state index contributed by atoms with van der Waals surface area (Å²) in [5.74, 6) is -0.716. The smallest absolute Gasteiger partial charge is 0.306 e. The molecule has 1 amide bonds. The van der Waals surface area contributed by atoms with Crippen LogP contribution in [0.3, 0.4) is 0 Å². The molecule has 0 unspecified atom stereocenters. The Labute approximate surface area is 167 Å². The van der Waals surface area contributed by atoms with Gasteiger partial charge in [-0.25, -0.2) is 8.42 Å². The number of nitrogens with zero attached hydrogens (tertiary/aromatic N) is 2. The number of benzene rings is 1. The molecule has 1 saturated heterocycles. The summed E-state index contributed by atoms with van der Waals surface area (Å²) in [7, 11) is -3.55. The van der Waals surface area contributed by atoms with Crippen molar-refractivity contribution in [3.8, 4) is 0 Å². The molecule has 7 nitrogen and oxygen atoms in total. The zero-order chi connectivity index (χ0) is 20.8. The maximum atomic E-state index is 12.4. The van der Waals surface area contributed by atoms with E-state index in [0.717, 1.165) is 5.56 Å². The van der Waals surface area contributed by atoms with E-state index < -0.39 is 16.0 Å². The number of piperazine rings is 1. The minimum Gasteiger partial charge on any atom is -0.456 e. The van der Waals surface area contributed by atoms with E-state index in [-0.39, 0.29) is 50.5 Å². The van der Waals surface area contributed by atoms with E-state index in [1.54, 1.807) is 6.08 Å². The number of esters is 1. The molecular weight excluding hydrogens is 380 g/mol. The van der Waals surface area contributed by atoms with Crippen molar-refractivity contribution in [2.45, 2.75) is 27.2 Å². The van der Waals surface area contributed by atoms with Crippen LogP contribution in [0.1, 0.15) is 32.8 Å². The first kappa shape index (κ1) is 22.1. The molecule has 2 rings (SSSR count). The van der Waals surface area contributed by atoms with Crippen LogP contribution in [0.25, 0.3) is 6.08 Å². The van der Waals surface area contributed by atoms with Crippen LogP contribution in [-0.2, 0) is 24.3 Å². The highest BCUT2D eigenvalue weighted by atomic mass is 32.2. The Morgan fingerprint density at radius 1 is 1.07 bits per heavy atom. The van der Waals surface area contributed by atoms with Crippen LogP contribution in [0.4, 0.5) is 0 Å². The predicted octanol–water partition coefficient (Wildman–Crippen LogP) is 2.11. The molecule has 0 bridgehead atoms. The molecule has 0 spiro atoms. The van der Waals surface area contributed by atoms with Crippen LogP contribution in [0.15, 0.2) is 35.7 Å². The minimum absolute atomic E-state index is 0.201. The summed E-state index contributed by atoms with van der Waals surface area (Å²) in [6.07, 6.45) is 1.79. The number of rotatable bonds is 6. The van der Waals surface area contributed by atoms with Gasteiger partial charge in [0, 0.05) is 31.6 Å². The molecule has 1 aromatic carbocycles. The summed E-state index contributed by atoms with van der Waals surface area (Å²) in [4.78, 5) is 25.5.